The van der Waals surface area contributed by atoms with Gasteiger partial charge in [0.1, 0.15) is 5.60 Å². The number of hydrogen-bond donors (Lipinski definition) is 5. The summed E-state index contributed by atoms with van der Waals surface area (Å²) < 4.78 is 0. The van der Waals surface area contributed by atoms with Crippen molar-refractivity contribution in [2.45, 2.75) is 59.1 Å². The first kappa shape index (κ1) is 23.7. The van der Waals surface area contributed by atoms with E-state index in [2.05, 4.69) is 22.4 Å². The molecule has 0 aromatic heterocycles. The number of rotatable bonds is 11. The van der Waals surface area contributed by atoms with Gasteiger partial charge in [0.2, 0.25) is 17.8 Å². The molecule has 9 heteroatoms. The number of amides is 2. The molecule has 0 bridgehead atoms. The Morgan fingerprint density at radius 1 is 1.19 bits per heavy atom. The van der Waals surface area contributed by atoms with Gasteiger partial charge in [-0.1, -0.05) is 19.4 Å². The van der Waals surface area contributed by atoms with Crippen molar-refractivity contribution in [3.8, 4) is 0 Å². The minimum atomic E-state index is -0.703. The topological polar surface area (TPSA) is 158 Å². The molecule has 26 heavy (non-hydrogen) atoms. The number of nitrogens with one attached hydrogen (secondary N) is 2. The molecule has 0 aliphatic heterocycles. The summed E-state index contributed by atoms with van der Waals surface area (Å²) in [5.41, 5.74) is 16.2. The van der Waals surface area contributed by atoms with Crippen LogP contribution in [0.5, 0.6) is 0 Å². The molecule has 0 aromatic rings. The maximum absolute atomic E-state index is 11.9. The molecule has 0 aliphatic carbocycles. The second-order valence-corrected chi connectivity index (χ2v) is 7.97. The molecule has 0 radical (unpaired) electrons. The van der Waals surface area contributed by atoms with Crippen molar-refractivity contribution in [3.05, 3.63) is 12.2 Å². The van der Waals surface area contributed by atoms with Crippen LogP contribution in [0.2, 0.25) is 0 Å². The zero-order chi connectivity index (χ0) is 20.5. The summed E-state index contributed by atoms with van der Waals surface area (Å²) >= 11 is 0. The van der Waals surface area contributed by atoms with Crippen molar-refractivity contribution in [2.24, 2.45) is 27.8 Å². The van der Waals surface area contributed by atoms with Crippen LogP contribution in [0, 0.1) is 5.41 Å². The SMILES string of the molecule is C=C(C)C[C@H](N)C(=O)NCC(=O)NCC(C)(C)CC(C)(C)ON=C(N)N. The summed E-state index contributed by atoms with van der Waals surface area (Å²) in [6, 6.07) is -0.703. The van der Waals surface area contributed by atoms with Crippen molar-refractivity contribution < 1.29 is 14.4 Å². The zero-order valence-electron chi connectivity index (χ0n) is 16.5. The summed E-state index contributed by atoms with van der Waals surface area (Å²) in [5, 5.41) is 8.89. The standard InChI is InChI=1S/C17H34N6O3/c1-11(2)7-12(18)14(25)21-8-13(24)22-10-16(3,4)9-17(5,6)26-23-15(19)20/h12H,1,7-10,18H2,2-6H3,(H,21,25)(H,22,24)(H4,19,20,23)/t12-/m0/s1. The van der Waals surface area contributed by atoms with Gasteiger partial charge in [-0.2, -0.15) is 0 Å². The summed E-state index contributed by atoms with van der Waals surface area (Å²) in [7, 11) is 0. The normalized spacial score (nSPS) is 12.7. The lowest BCUT2D eigenvalue weighted by Gasteiger charge is -2.33. The highest BCUT2D eigenvalue weighted by Gasteiger charge is 2.31. The van der Waals surface area contributed by atoms with Crippen LogP contribution in [0.25, 0.3) is 0 Å². The minimum absolute atomic E-state index is 0.132. The van der Waals surface area contributed by atoms with Crippen LogP contribution in [-0.4, -0.2) is 42.5 Å². The third-order valence-corrected chi connectivity index (χ3v) is 3.39. The van der Waals surface area contributed by atoms with Gasteiger partial charge in [-0.25, -0.2) is 0 Å². The van der Waals surface area contributed by atoms with E-state index in [0.29, 0.717) is 19.4 Å². The Balaban J connectivity index is 4.37. The molecule has 1 atom stereocenters. The molecule has 8 N–H and O–H groups in total. The number of guanidine groups is 1. The Hall–Kier alpha value is -2.29. The number of carbonyl (C=O) groups is 2. The van der Waals surface area contributed by atoms with E-state index < -0.39 is 11.6 Å². The van der Waals surface area contributed by atoms with Gasteiger partial charge in [0.15, 0.2) is 0 Å². The number of carbonyl (C=O) groups excluding carboxylic acids is 2. The van der Waals surface area contributed by atoms with E-state index in [4.69, 9.17) is 22.0 Å². The van der Waals surface area contributed by atoms with Gasteiger partial charge >= 0.3 is 0 Å². The van der Waals surface area contributed by atoms with Gasteiger partial charge < -0.3 is 32.7 Å². The molecule has 0 heterocycles. The minimum Gasteiger partial charge on any atom is -0.387 e. The van der Waals surface area contributed by atoms with Crippen LogP contribution in [-0.2, 0) is 14.4 Å². The largest absolute Gasteiger partial charge is 0.387 e. The molecule has 0 fully saturated rings. The van der Waals surface area contributed by atoms with Crippen LogP contribution < -0.4 is 27.8 Å². The van der Waals surface area contributed by atoms with Gasteiger partial charge in [-0.3, -0.25) is 9.59 Å². The van der Waals surface area contributed by atoms with Crippen molar-refractivity contribution >= 4 is 17.8 Å². The van der Waals surface area contributed by atoms with Crippen LogP contribution >= 0.6 is 0 Å². The fourth-order valence-corrected chi connectivity index (χ4v) is 2.59. The van der Waals surface area contributed by atoms with Gasteiger partial charge in [-0.05, 0) is 44.2 Å². The molecule has 0 spiro atoms. The van der Waals surface area contributed by atoms with Crippen molar-refractivity contribution in [1.29, 1.82) is 0 Å². The highest BCUT2D eigenvalue weighted by molar-refractivity contribution is 5.87. The van der Waals surface area contributed by atoms with Gasteiger partial charge in [0.05, 0.1) is 12.6 Å². The van der Waals surface area contributed by atoms with E-state index in [1.807, 2.05) is 27.7 Å². The molecule has 0 aliphatic rings. The van der Waals surface area contributed by atoms with E-state index in [0.717, 1.165) is 5.57 Å². The first-order valence-electron chi connectivity index (χ1n) is 8.45. The maximum Gasteiger partial charge on any atom is 0.239 e. The molecule has 0 saturated carbocycles. The highest BCUT2D eigenvalue weighted by atomic mass is 16.6. The Kier molecular flexibility index (Phi) is 9.12. The first-order valence-corrected chi connectivity index (χ1v) is 8.45. The van der Waals surface area contributed by atoms with Crippen LogP contribution in [0.1, 0.15) is 47.5 Å². The average Bonchev–Trinajstić information content (AvgIpc) is 2.47. The predicted octanol–water partition coefficient (Wildman–Crippen LogP) is -0.0878. The number of oxime groups is 1. The number of nitrogens with zero attached hydrogens (tertiary/aromatic N) is 1. The number of hydrogen-bond acceptors (Lipinski definition) is 5. The Bertz CT molecular complexity index is 539. The monoisotopic (exact) mass is 370 g/mol. The van der Waals surface area contributed by atoms with Crippen LogP contribution in [0.3, 0.4) is 0 Å². The Morgan fingerprint density at radius 3 is 2.27 bits per heavy atom. The van der Waals surface area contributed by atoms with Gasteiger partial charge in [-0.15, -0.1) is 6.58 Å². The molecule has 0 unspecified atom stereocenters. The average molecular weight is 370 g/mol. The molecule has 150 valence electrons. The van der Waals surface area contributed by atoms with E-state index in [9.17, 15) is 9.59 Å². The number of nitrogens with two attached hydrogens (primary N) is 3. The second kappa shape index (κ2) is 10.0. The van der Waals surface area contributed by atoms with E-state index in [-0.39, 0.29) is 29.7 Å². The molecule has 2 amide bonds. The smallest absolute Gasteiger partial charge is 0.239 e. The fourth-order valence-electron chi connectivity index (χ4n) is 2.59. The van der Waals surface area contributed by atoms with Crippen LogP contribution in [0.15, 0.2) is 17.3 Å². The lowest BCUT2D eigenvalue weighted by atomic mass is 9.81. The van der Waals surface area contributed by atoms with E-state index in [1.165, 1.54) is 0 Å². The molecule has 9 nitrogen and oxygen atoms in total. The molecule has 0 aromatic carbocycles. The molecular formula is C17H34N6O3. The fraction of sp³-hybridized carbons (Fsp3) is 0.706. The summed E-state index contributed by atoms with van der Waals surface area (Å²) in [6.45, 7) is 13.4. The second-order valence-electron chi connectivity index (χ2n) is 7.97. The lowest BCUT2D eigenvalue weighted by molar-refractivity contribution is -0.127. The molecule has 0 rings (SSSR count). The first-order chi connectivity index (χ1) is 11.7. The summed E-state index contributed by atoms with van der Waals surface area (Å²) in [6.07, 6.45) is 0.971. The van der Waals surface area contributed by atoms with Crippen molar-refractivity contribution in [1.82, 2.24) is 10.6 Å². The third-order valence-electron chi connectivity index (χ3n) is 3.39. The molecular weight excluding hydrogens is 336 g/mol. The van der Waals surface area contributed by atoms with Gasteiger partial charge in [0, 0.05) is 6.54 Å². The van der Waals surface area contributed by atoms with Crippen LogP contribution in [0.4, 0.5) is 0 Å². The maximum atomic E-state index is 11.9. The van der Waals surface area contributed by atoms with Crippen molar-refractivity contribution in [2.75, 3.05) is 13.1 Å². The van der Waals surface area contributed by atoms with E-state index in [1.54, 1.807) is 6.92 Å². The van der Waals surface area contributed by atoms with Crippen molar-refractivity contribution in [3.63, 3.8) is 0 Å². The highest BCUT2D eigenvalue weighted by Crippen LogP contribution is 2.29. The lowest BCUT2D eigenvalue weighted by Crippen LogP contribution is -2.46. The summed E-state index contributed by atoms with van der Waals surface area (Å²) in [4.78, 5) is 29.1. The Morgan fingerprint density at radius 2 is 1.77 bits per heavy atom. The predicted molar refractivity (Wildman–Crippen MR) is 103 cm³/mol. The quantitative estimate of drug-likeness (QED) is 0.148. The third kappa shape index (κ3) is 11.3. The molecule has 0 saturated heterocycles. The Labute approximate surface area is 155 Å². The summed E-state index contributed by atoms with van der Waals surface area (Å²) in [5.74, 6) is -0.823. The van der Waals surface area contributed by atoms with E-state index >= 15 is 0 Å². The zero-order valence-corrected chi connectivity index (χ0v) is 16.5. The van der Waals surface area contributed by atoms with Gasteiger partial charge in [0.25, 0.3) is 0 Å².